The minimum atomic E-state index is 0.114. The fraction of sp³-hybridized carbons (Fsp3) is 0.647. The van der Waals surface area contributed by atoms with Gasteiger partial charge < -0.3 is 10.2 Å². The van der Waals surface area contributed by atoms with E-state index in [2.05, 4.69) is 31.1 Å². The lowest BCUT2D eigenvalue weighted by atomic mass is 9.91. The van der Waals surface area contributed by atoms with E-state index in [1.165, 1.54) is 6.42 Å². The molecule has 0 bridgehead atoms. The number of anilines is 1. The van der Waals surface area contributed by atoms with Gasteiger partial charge in [-0.3, -0.25) is 4.79 Å². The van der Waals surface area contributed by atoms with Crippen molar-refractivity contribution < 1.29 is 4.79 Å². The van der Waals surface area contributed by atoms with E-state index in [1.807, 2.05) is 24.1 Å². The number of rotatable bonds is 6. The second kappa shape index (κ2) is 6.92. The Kier molecular flexibility index (Phi) is 5.21. The minimum absolute atomic E-state index is 0.114. The first-order valence-corrected chi connectivity index (χ1v) is 8.06. The highest BCUT2D eigenvalue weighted by Gasteiger charge is 2.26. The van der Waals surface area contributed by atoms with Crippen LogP contribution in [0, 0.1) is 0 Å². The van der Waals surface area contributed by atoms with E-state index in [1.54, 1.807) is 0 Å². The number of carbonyl (C=O) groups excluding carboxylic acids is 1. The summed E-state index contributed by atoms with van der Waals surface area (Å²) in [5, 5.41) is 3.30. The summed E-state index contributed by atoms with van der Waals surface area (Å²) in [6.07, 6.45) is 4.54. The van der Waals surface area contributed by atoms with E-state index >= 15 is 0 Å². The van der Waals surface area contributed by atoms with Crippen molar-refractivity contribution in [1.29, 1.82) is 0 Å². The molecule has 21 heavy (non-hydrogen) atoms. The maximum absolute atomic E-state index is 12.7. The second-order valence-electron chi connectivity index (χ2n) is 6.25. The minimum Gasteiger partial charge on any atom is -0.370 e. The lowest BCUT2D eigenvalue weighted by Gasteiger charge is -2.34. The van der Waals surface area contributed by atoms with Crippen LogP contribution < -0.4 is 5.32 Å². The molecule has 4 heteroatoms. The predicted molar refractivity (Wildman–Crippen MR) is 86.8 cm³/mol. The maximum atomic E-state index is 12.7. The highest BCUT2D eigenvalue weighted by Crippen LogP contribution is 2.26. The molecule has 0 saturated heterocycles. The van der Waals surface area contributed by atoms with E-state index in [0.717, 1.165) is 42.9 Å². The first-order valence-electron chi connectivity index (χ1n) is 8.06. The van der Waals surface area contributed by atoms with Gasteiger partial charge in [-0.15, -0.1) is 0 Å². The SMILES string of the molecule is CCCNc1cc(C(=O)N(C)C2CCC2)cc(C(C)C)n1. The molecule has 1 aliphatic rings. The largest absolute Gasteiger partial charge is 0.370 e. The highest BCUT2D eigenvalue weighted by atomic mass is 16.2. The van der Waals surface area contributed by atoms with Crippen molar-refractivity contribution in [1.82, 2.24) is 9.88 Å². The van der Waals surface area contributed by atoms with Gasteiger partial charge >= 0.3 is 0 Å². The van der Waals surface area contributed by atoms with Gasteiger partial charge in [0, 0.05) is 30.9 Å². The van der Waals surface area contributed by atoms with E-state index in [0.29, 0.717) is 12.0 Å². The monoisotopic (exact) mass is 289 g/mol. The van der Waals surface area contributed by atoms with Crippen LogP contribution >= 0.6 is 0 Å². The molecule has 0 atom stereocenters. The Balaban J connectivity index is 2.23. The van der Waals surface area contributed by atoms with Crippen LogP contribution in [0.1, 0.15) is 68.4 Å². The molecule has 1 N–H and O–H groups in total. The first-order chi connectivity index (χ1) is 10.0. The summed E-state index contributed by atoms with van der Waals surface area (Å²) >= 11 is 0. The third-order valence-corrected chi connectivity index (χ3v) is 4.18. The molecular formula is C17H27N3O. The first kappa shape index (κ1) is 15.8. The van der Waals surface area contributed by atoms with Crippen LogP contribution in [0.2, 0.25) is 0 Å². The molecule has 1 amide bonds. The summed E-state index contributed by atoms with van der Waals surface area (Å²) < 4.78 is 0. The molecular weight excluding hydrogens is 262 g/mol. The molecule has 1 saturated carbocycles. The molecule has 0 spiro atoms. The number of pyridine rings is 1. The van der Waals surface area contributed by atoms with Crippen molar-refractivity contribution in [3.8, 4) is 0 Å². The Morgan fingerprint density at radius 1 is 1.43 bits per heavy atom. The van der Waals surface area contributed by atoms with E-state index in [-0.39, 0.29) is 5.91 Å². The number of amides is 1. The number of carbonyl (C=O) groups is 1. The van der Waals surface area contributed by atoms with Crippen molar-refractivity contribution in [3.63, 3.8) is 0 Å². The molecule has 1 heterocycles. The Hall–Kier alpha value is -1.58. The van der Waals surface area contributed by atoms with Crippen LogP contribution in [0.5, 0.6) is 0 Å². The van der Waals surface area contributed by atoms with Crippen molar-refractivity contribution in [3.05, 3.63) is 23.4 Å². The zero-order valence-electron chi connectivity index (χ0n) is 13.6. The summed E-state index contributed by atoms with van der Waals surface area (Å²) in [7, 11) is 1.92. The molecule has 1 fully saturated rings. The maximum Gasteiger partial charge on any atom is 0.254 e. The molecule has 1 aromatic rings. The lowest BCUT2D eigenvalue weighted by Crippen LogP contribution is -2.41. The van der Waals surface area contributed by atoms with Gasteiger partial charge in [0.25, 0.3) is 5.91 Å². The zero-order chi connectivity index (χ0) is 15.4. The summed E-state index contributed by atoms with van der Waals surface area (Å²) in [6, 6.07) is 4.25. The smallest absolute Gasteiger partial charge is 0.254 e. The van der Waals surface area contributed by atoms with Crippen LogP contribution in [0.4, 0.5) is 5.82 Å². The molecule has 0 unspecified atom stereocenters. The van der Waals surface area contributed by atoms with E-state index in [4.69, 9.17) is 0 Å². The summed E-state index contributed by atoms with van der Waals surface area (Å²) in [5.74, 6) is 1.24. The number of nitrogens with one attached hydrogen (secondary N) is 1. The summed E-state index contributed by atoms with van der Waals surface area (Å²) in [4.78, 5) is 19.2. The molecule has 0 aliphatic heterocycles. The Morgan fingerprint density at radius 2 is 2.14 bits per heavy atom. The Morgan fingerprint density at radius 3 is 2.67 bits per heavy atom. The van der Waals surface area contributed by atoms with Gasteiger partial charge in [-0.05, 0) is 43.7 Å². The van der Waals surface area contributed by atoms with Crippen LogP contribution in [0.25, 0.3) is 0 Å². The fourth-order valence-electron chi connectivity index (χ4n) is 2.46. The third kappa shape index (κ3) is 3.74. The lowest BCUT2D eigenvalue weighted by molar-refractivity contribution is 0.0652. The quantitative estimate of drug-likeness (QED) is 0.869. The Labute approximate surface area is 127 Å². The van der Waals surface area contributed by atoms with Crippen LogP contribution in [0.15, 0.2) is 12.1 Å². The molecule has 116 valence electrons. The summed E-state index contributed by atoms with van der Waals surface area (Å²) in [6.45, 7) is 7.21. The average Bonchev–Trinajstić information content (AvgIpc) is 2.41. The molecule has 2 rings (SSSR count). The normalized spacial score (nSPS) is 14.9. The predicted octanol–water partition coefficient (Wildman–Crippen LogP) is 3.65. The Bertz CT molecular complexity index is 495. The number of hydrogen-bond acceptors (Lipinski definition) is 3. The standard InChI is InChI=1S/C17H27N3O/c1-5-9-18-16-11-13(10-15(19-16)12(2)3)17(21)20(4)14-7-6-8-14/h10-12,14H,5-9H2,1-4H3,(H,18,19). The van der Waals surface area contributed by atoms with Gasteiger partial charge in [0.05, 0.1) is 0 Å². The summed E-state index contributed by atoms with van der Waals surface area (Å²) in [5.41, 5.74) is 1.73. The van der Waals surface area contributed by atoms with Gasteiger partial charge in [-0.25, -0.2) is 4.98 Å². The average molecular weight is 289 g/mol. The van der Waals surface area contributed by atoms with Crippen LogP contribution in [-0.2, 0) is 0 Å². The van der Waals surface area contributed by atoms with Crippen molar-refractivity contribution >= 4 is 11.7 Å². The van der Waals surface area contributed by atoms with E-state index < -0.39 is 0 Å². The number of nitrogens with zero attached hydrogens (tertiary/aromatic N) is 2. The van der Waals surface area contributed by atoms with E-state index in [9.17, 15) is 4.79 Å². The van der Waals surface area contributed by atoms with Gasteiger partial charge in [0.2, 0.25) is 0 Å². The van der Waals surface area contributed by atoms with Gasteiger partial charge in [-0.1, -0.05) is 20.8 Å². The number of hydrogen-bond donors (Lipinski definition) is 1. The number of aromatic nitrogens is 1. The highest BCUT2D eigenvalue weighted by molar-refractivity contribution is 5.95. The van der Waals surface area contributed by atoms with Crippen LogP contribution in [-0.4, -0.2) is 35.4 Å². The molecule has 0 aromatic carbocycles. The molecule has 4 nitrogen and oxygen atoms in total. The van der Waals surface area contributed by atoms with Gasteiger partial charge in [-0.2, -0.15) is 0 Å². The zero-order valence-corrected chi connectivity index (χ0v) is 13.6. The van der Waals surface area contributed by atoms with Crippen LogP contribution in [0.3, 0.4) is 0 Å². The second-order valence-corrected chi connectivity index (χ2v) is 6.25. The van der Waals surface area contributed by atoms with Gasteiger partial charge in [0.1, 0.15) is 5.82 Å². The molecule has 1 aromatic heterocycles. The topological polar surface area (TPSA) is 45.2 Å². The fourth-order valence-corrected chi connectivity index (χ4v) is 2.46. The third-order valence-electron chi connectivity index (χ3n) is 4.18. The van der Waals surface area contributed by atoms with Crippen molar-refractivity contribution in [2.75, 3.05) is 18.9 Å². The van der Waals surface area contributed by atoms with Crippen molar-refractivity contribution in [2.24, 2.45) is 0 Å². The van der Waals surface area contributed by atoms with Gasteiger partial charge in [0.15, 0.2) is 0 Å². The molecule has 1 aliphatic carbocycles. The molecule has 0 radical (unpaired) electrons. The van der Waals surface area contributed by atoms with Crippen molar-refractivity contribution in [2.45, 2.75) is 58.4 Å².